The maximum atomic E-state index is 11.9. The summed E-state index contributed by atoms with van der Waals surface area (Å²) in [6, 6.07) is 7.82. The molecule has 0 saturated heterocycles. The van der Waals surface area contributed by atoms with Gasteiger partial charge in [0.05, 0.1) is 12.1 Å². The predicted octanol–water partition coefficient (Wildman–Crippen LogP) is -0.189. The standard InChI is InChI=1S/C13H16N6O/c14-11-5-6-12(11)16-13(20)7-9-1-3-10(4-2-9)19-8-15-17-18-19/h1-4,8,11-12H,5-7,14H2,(H,16,20)/t11-,12+/m1/s1. The van der Waals surface area contributed by atoms with Crippen LogP contribution in [0.15, 0.2) is 30.6 Å². The summed E-state index contributed by atoms with van der Waals surface area (Å²) in [5.74, 6) is 0.0142. The van der Waals surface area contributed by atoms with Crippen molar-refractivity contribution in [3.8, 4) is 5.69 Å². The quantitative estimate of drug-likeness (QED) is 0.804. The van der Waals surface area contributed by atoms with Gasteiger partial charge in [-0.15, -0.1) is 5.10 Å². The number of nitrogens with one attached hydrogen (secondary N) is 1. The van der Waals surface area contributed by atoms with Crippen molar-refractivity contribution in [2.45, 2.75) is 31.3 Å². The van der Waals surface area contributed by atoms with E-state index in [9.17, 15) is 4.79 Å². The molecule has 1 aliphatic rings. The van der Waals surface area contributed by atoms with Crippen molar-refractivity contribution in [2.24, 2.45) is 5.73 Å². The molecule has 2 atom stereocenters. The Morgan fingerprint density at radius 3 is 2.70 bits per heavy atom. The lowest BCUT2D eigenvalue weighted by atomic mass is 9.87. The number of nitrogens with zero attached hydrogens (tertiary/aromatic N) is 4. The van der Waals surface area contributed by atoms with E-state index in [4.69, 9.17) is 5.73 Å². The first-order valence-electron chi connectivity index (χ1n) is 6.59. The summed E-state index contributed by atoms with van der Waals surface area (Å²) in [5, 5.41) is 13.9. The highest BCUT2D eigenvalue weighted by Gasteiger charge is 2.28. The molecule has 0 radical (unpaired) electrons. The van der Waals surface area contributed by atoms with Crippen molar-refractivity contribution in [3.05, 3.63) is 36.2 Å². The Kier molecular flexibility index (Phi) is 3.42. The van der Waals surface area contributed by atoms with Crippen LogP contribution in [-0.4, -0.2) is 38.2 Å². The molecule has 0 aliphatic heterocycles. The van der Waals surface area contributed by atoms with Gasteiger partial charge in [0.25, 0.3) is 0 Å². The Bertz CT molecular complexity index is 579. The molecule has 2 aromatic rings. The molecule has 1 aromatic carbocycles. The van der Waals surface area contributed by atoms with Crippen molar-refractivity contribution in [1.29, 1.82) is 0 Å². The zero-order valence-electron chi connectivity index (χ0n) is 10.9. The van der Waals surface area contributed by atoms with Crippen LogP contribution in [0.2, 0.25) is 0 Å². The smallest absolute Gasteiger partial charge is 0.224 e. The second kappa shape index (κ2) is 5.38. The normalized spacial score (nSPS) is 21.2. The van der Waals surface area contributed by atoms with Gasteiger partial charge in [0.15, 0.2) is 0 Å². The van der Waals surface area contributed by atoms with E-state index in [1.54, 1.807) is 4.68 Å². The average Bonchev–Trinajstić information content (AvgIpc) is 2.98. The summed E-state index contributed by atoms with van der Waals surface area (Å²) in [7, 11) is 0. The molecule has 20 heavy (non-hydrogen) atoms. The maximum absolute atomic E-state index is 11.9. The van der Waals surface area contributed by atoms with Crippen molar-refractivity contribution >= 4 is 5.91 Å². The highest BCUT2D eigenvalue weighted by Crippen LogP contribution is 2.17. The number of aromatic nitrogens is 4. The van der Waals surface area contributed by atoms with Crippen molar-refractivity contribution in [1.82, 2.24) is 25.5 Å². The van der Waals surface area contributed by atoms with Gasteiger partial charge in [-0.3, -0.25) is 4.79 Å². The first-order valence-corrected chi connectivity index (χ1v) is 6.59. The highest BCUT2D eigenvalue weighted by atomic mass is 16.1. The van der Waals surface area contributed by atoms with Gasteiger partial charge in [-0.05, 0) is 41.0 Å². The molecule has 7 nitrogen and oxygen atoms in total. The largest absolute Gasteiger partial charge is 0.352 e. The van der Waals surface area contributed by atoms with Crippen LogP contribution in [0.25, 0.3) is 5.69 Å². The predicted molar refractivity (Wildman–Crippen MR) is 72.0 cm³/mol. The molecule has 1 saturated carbocycles. The number of carbonyl (C=O) groups excluding carboxylic acids is 1. The van der Waals surface area contributed by atoms with E-state index < -0.39 is 0 Å². The van der Waals surface area contributed by atoms with Gasteiger partial charge < -0.3 is 11.1 Å². The second-order valence-corrected chi connectivity index (χ2v) is 5.01. The van der Waals surface area contributed by atoms with E-state index in [2.05, 4.69) is 20.8 Å². The SMILES string of the molecule is N[C@@H]1CC[C@@H]1NC(=O)Cc1ccc(-n2cnnn2)cc1. The van der Waals surface area contributed by atoms with Crippen LogP contribution < -0.4 is 11.1 Å². The zero-order chi connectivity index (χ0) is 13.9. The molecule has 1 aliphatic carbocycles. The third-order valence-electron chi connectivity index (χ3n) is 3.59. The minimum Gasteiger partial charge on any atom is -0.352 e. The third-order valence-corrected chi connectivity index (χ3v) is 3.59. The molecule has 3 rings (SSSR count). The van der Waals surface area contributed by atoms with Gasteiger partial charge in [-0.1, -0.05) is 12.1 Å². The summed E-state index contributed by atoms with van der Waals surface area (Å²) < 4.78 is 1.57. The molecular formula is C13H16N6O. The van der Waals surface area contributed by atoms with Gasteiger partial charge in [0.1, 0.15) is 6.33 Å². The fraction of sp³-hybridized carbons (Fsp3) is 0.385. The molecule has 0 spiro atoms. The molecule has 1 heterocycles. The average molecular weight is 272 g/mol. The number of tetrazole rings is 1. The topological polar surface area (TPSA) is 98.7 Å². The number of amides is 1. The molecule has 104 valence electrons. The zero-order valence-corrected chi connectivity index (χ0v) is 10.9. The van der Waals surface area contributed by atoms with Crippen LogP contribution in [0.4, 0.5) is 0 Å². The molecule has 1 amide bonds. The number of carbonyl (C=O) groups is 1. The number of nitrogens with two attached hydrogens (primary N) is 1. The van der Waals surface area contributed by atoms with E-state index >= 15 is 0 Å². The lowest BCUT2D eigenvalue weighted by Gasteiger charge is -2.34. The monoisotopic (exact) mass is 272 g/mol. The van der Waals surface area contributed by atoms with Crippen molar-refractivity contribution in [3.63, 3.8) is 0 Å². The number of hydrogen-bond donors (Lipinski definition) is 2. The van der Waals surface area contributed by atoms with Gasteiger partial charge in [0, 0.05) is 12.1 Å². The maximum Gasteiger partial charge on any atom is 0.224 e. The van der Waals surface area contributed by atoms with Gasteiger partial charge in [-0.2, -0.15) is 0 Å². The van der Waals surface area contributed by atoms with Crippen LogP contribution in [0.1, 0.15) is 18.4 Å². The summed E-state index contributed by atoms with van der Waals surface area (Å²) in [4.78, 5) is 11.9. The van der Waals surface area contributed by atoms with E-state index in [0.29, 0.717) is 6.42 Å². The molecule has 7 heteroatoms. The van der Waals surface area contributed by atoms with Gasteiger partial charge in [-0.25, -0.2) is 4.68 Å². The summed E-state index contributed by atoms with van der Waals surface area (Å²) in [6.07, 6.45) is 3.86. The Morgan fingerprint density at radius 1 is 1.35 bits per heavy atom. The summed E-state index contributed by atoms with van der Waals surface area (Å²) in [6.45, 7) is 0. The number of benzene rings is 1. The van der Waals surface area contributed by atoms with Crippen molar-refractivity contribution in [2.75, 3.05) is 0 Å². The molecule has 0 bridgehead atoms. The number of rotatable bonds is 4. The first kappa shape index (κ1) is 12.7. The second-order valence-electron chi connectivity index (χ2n) is 5.01. The van der Waals surface area contributed by atoms with Crippen LogP contribution in [0, 0.1) is 0 Å². The molecular weight excluding hydrogens is 256 g/mol. The minimum absolute atomic E-state index is 0.0142. The lowest BCUT2D eigenvalue weighted by Crippen LogP contribution is -2.54. The Morgan fingerprint density at radius 2 is 2.15 bits per heavy atom. The van der Waals surface area contributed by atoms with E-state index in [1.807, 2.05) is 24.3 Å². The molecule has 1 fully saturated rings. The molecule has 3 N–H and O–H groups in total. The van der Waals surface area contributed by atoms with E-state index in [1.165, 1.54) is 6.33 Å². The first-order chi connectivity index (χ1) is 9.72. The van der Waals surface area contributed by atoms with Crippen molar-refractivity contribution < 1.29 is 4.79 Å². The van der Waals surface area contributed by atoms with Gasteiger partial charge in [0.2, 0.25) is 5.91 Å². The fourth-order valence-electron chi connectivity index (χ4n) is 2.19. The number of hydrogen-bond acceptors (Lipinski definition) is 5. The Balaban J connectivity index is 1.59. The van der Waals surface area contributed by atoms with Crippen LogP contribution in [-0.2, 0) is 11.2 Å². The molecule has 1 aromatic heterocycles. The van der Waals surface area contributed by atoms with Gasteiger partial charge >= 0.3 is 0 Å². The van der Waals surface area contributed by atoms with E-state index in [0.717, 1.165) is 24.1 Å². The summed E-state index contributed by atoms with van der Waals surface area (Å²) in [5.41, 5.74) is 7.61. The highest BCUT2D eigenvalue weighted by molar-refractivity contribution is 5.79. The third kappa shape index (κ3) is 2.67. The fourth-order valence-corrected chi connectivity index (χ4v) is 2.19. The Hall–Kier alpha value is -2.28. The van der Waals surface area contributed by atoms with Crippen LogP contribution in [0.5, 0.6) is 0 Å². The van der Waals surface area contributed by atoms with E-state index in [-0.39, 0.29) is 18.0 Å². The minimum atomic E-state index is 0.0142. The summed E-state index contributed by atoms with van der Waals surface area (Å²) >= 11 is 0. The Labute approximate surface area is 116 Å². The van der Waals surface area contributed by atoms with Crippen LogP contribution in [0.3, 0.4) is 0 Å². The van der Waals surface area contributed by atoms with Crippen LogP contribution >= 0.6 is 0 Å². The molecule has 0 unspecified atom stereocenters. The lowest BCUT2D eigenvalue weighted by molar-refractivity contribution is -0.121.